The zero-order valence-corrected chi connectivity index (χ0v) is 35.0. The van der Waals surface area contributed by atoms with Gasteiger partial charge in [-0.1, -0.05) is 12.1 Å². The van der Waals surface area contributed by atoms with E-state index in [4.69, 9.17) is 17.0 Å². The Morgan fingerprint density at radius 3 is 2.24 bits per heavy atom. The van der Waals surface area contributed by atoms with Crippen LogP contribution in [0.1, 0.15) is 89.8 Å². The molecule has 3 aliphatic heterocycles. The number of alkyl halides is 3. The molecule has 0 bridgehead atoms. The lowest BCUT2D eigenvalue weighted by Gasteiger charge is -2.44. The standard InChI is InChI=1S/C41H50F3N7O5S.ClH/c1-25-22-48(23-26(2)49(25)24-35(53)46-29-9-7-28(8-10-29)40(5)17-16-34(52)47-36(40)54)18-19-56-32-14-12-30(13-15-32)51-38(57)50(37(55)39(51,3)4)31-11-6-27(21-45)33(20-31)41(42,43)44;/h6-11,20,25-26,30,32H,12-19,22-24H2,1-5H3,(H,46,53)(H,47,52,54);1H/t25-,26+,30?,32?,40?;. The number of carbonyl (C=O) groups is 4. The number of hydrogen-bond donors (Lipinski definition) is 2. The molecule has 3 saturated heterocycles. The van der Waals surface area contributed by atoms with Gasteiger partial charge >= 0.3 is 6.18 Å². The minimum Gasteiger partial charge on any atom is -0.377 e. The summed E-state index contributed by atoms with van der Waals surface area (Å²) in [6.45, 7) is 12.6. The van der Waals surface area contributed by atoms with Crippen LogP contribution >= 0.6 is 24.6 Å². The largest absolute Gasteiger partial charge is 0.417 e. The fraction of sp³-hybridized carbons (Fsp3) is 0.561. The lowest BCUT2D eigenvalue weighted by molar-refractivity contribution is -0.138. The number of ether oxygens (including phenoxy) is 1. The van der Waals surface area contributed by atoms with Gasteiger partial charge in [-0.15, -0.1) is 12.4 Å². The normalized spacial score (nSPS) is 26.9. The second-order valence-corrected chi connectivity index (χ2v) is 16.8. The third-order valence-electron chi connectivity index (χ3n) is 12.1. The Kier molecular flexibility index (Phi) is 13.6. The van der Waals surface area contributed by atoms with Gasteiger partial charge in [-0.3, -0.25) is 39.2 Å². The smallest absolute Gasteiger partial charge is 0.377 e. The number of anilines is 2. The van der Waals surface area contributed by atoms with Crippen molar-refractivity contribution >= 4 is 64.7 Å². The van der Waals surface area contributed by atoms with Crippen LogP contribution < -0.4 is 15.5 Å². The molecule has 4 aliphatic rings. The first kappa shape index (κ1) is 45.0. The maximum Gasteiger partial charge on any atom is 0.417 e. The summed E-state index contributed by atoms with van der Waals surface area (Å²) < 4.78 is 47.5. The molecule has 6 rings (SSSR count). The van der Waals surface area contributed by atoms with Crippen molar-refractivity contribution in [3.8, 4) is 6.07 Å². The molecule has 4 fully saturated rings. The van der Waals surface area contributed by atoms with Gasteiger partial charge < -0.3 is 15.0 Å². The van der Waals surface area contributed by atoms with E-state index in [0.29, 0.717) is 31.6 Å². The van der Waals surface area contributed by atoms with E-state index in [9.17, 15) is 37.6 Å². The molecule has 17 heteroatoms. The molecular weight excluding hydrogens is 795 g/mol. The van der Waals surface area contributed by atoms with Crippen LogP contribution in [0.15, 0.2) is 42.5 Å². The number of imide groups is 1. The topological polar surface area (TPSA) is 138 Å². The van der Waals surface area contributed by atoms with Crippen LogP contribution in [0.3, 0.4) is 0 Å². The number of amides is 4. The molecule has 3 atom stereocenters. The van der Waals surface area contributed by atoms with E-state index in [1.165, 1.54) is 6.07 Å². The summed E-state index contributed by atoms with van der Waals surface area (Å²) in [5, 5.41) is 14.8. The number of nitrogens with one attached hydrogen (secondary N) is 2. The van der Waals surface area contributed by atoms with Gasteiger partial charge in [0.05, 0.1) is 47.6 Å². The van der Waals surface area contributed by atoms with Crippen molar-refractivity contribution in [2.75, 3.05) is 43.0 Å². The number of thiocarbonyl (C=S) groups is 1. The quantitative estimate of drug-likeness (QED) is 0.224. The van der Waals surface area contributed by atoms with E-state index in [2.05, 4.69) is 34.3 Å². The molecule has 0 aromatic heterocycles. The Hall–Kier alpha value is -4.14. The molecule has 1 saturated carbocycles. The second-order valence-electron chi connectivity index (χ2n) is 16.5. The Balaban J connectivity index is 0.00000641. The molecule has 1 aliphatic carbocycles. The van der Waals surface area contributed by atoms with Crippen LogP contribution in [0.5, 0.6) is 0 Å². The first-order valence-corrected chi connectivity index (χ1v) is 19.9. The number of halogens is 4. The van der Waals surface area contributed by atoms with E-state index in [1.54, 1.807) is 32.0 Å². The fourth-order valence-electron chi connectivity index (χ4n) is 8.80. The summed E-state index contributed by atoms with van der Waals surface area (Å²) in [5.41, 5.74) is -2.08. The van der Waals surface area contributed by atoms with Gasteiger partial charge in [0.2, 0.25) is 17.7 Å². The van der Waals surface area contributed by atoms with Gasteiger partial charge in [0.25, 0.3) is 5.91 Å². The summed E-state index contributed by atoms with van der Waals surface area (Å²) >= 11 is 5.74. The van der Waals surface area contributed by atoms with Gasteiger partial charge in [-0.25, -0.2) is 0 Å². The van der Waals surface area contributed by atoms with Crippen molar-refractivity contribution in [3.05, 3.63) is 59.2 Å². The van der Waals surface area contributed by atoms with E-state index in [1.807, 2.05) is 24.0 Å². The Morgan fingerprint density at radius 1 is 1.02 bits per heavy atom. The number of nitriles is 1. The van der Waals surface area contributed by atoms with Crippen LogP contribution in [-0.4, -0.2) is 106 Å². The summed E-state index contributed by atoms with van der Waals surface area (Å²) in [7, 11) is 0. The van der Waals surface area contributed by atoms with E-state index in [-0.39, 0.29) is 78.1 Å². The number of benzene rings is 2. The molecule has 0 radical (unpaired) electrons. The highest BCUT2D eigenvalue weighted by Crippen LogP contribution is 2.41. The van der Waals surface area contributed by atoms with Crippen LogP contribution in [-0.2, 0) is 35.5 Å². The molecule has 1 unspecified atom stereocenters. The van der Waals surface area contributed by atoms with Crippen LogP contribution in [0.2, 0.25) is 0 Å². The van der Waals surface area contributed by atoms with Crippen LogP contribution in [0.4, 0.5) is 24.5 Å². The molecule has 58 heavy (non-hydrogen) atoms. The van der Waals surface area contributed by atoms with Crippen LogP contribution in [0.25, 0.3) is 0 Å². The average molecular weight is 846 g/mol. The van der Waals surface area contributed by atoms with E-state index < -0.39 is 34.2 Å². The van der Waals surface area contributed by atoms with Crippen molar-refractivity contribution in [2.45, 2.75) is 115 Å². The lowest BCUT2D eigenvalue weighted by Crippen LogP contribution is -2.58. The third-order valence-corrected chi connectivity index (χ3v) is 12.5. The van der Waals surface area contributed by atoms with Crippen molar-refractivity contribution < 1.29 is 37.1 Å². The van der Waals surface area contributed by atoms with Crippen molar-refractivity contribution in [2.24, 2.45) is 0 Å². The predicted molar refractivity (Wildman–Crippen MR) is 218 cm³/mol. The number of rotatable bonds is 10. The molecular formula is C41H51ClF3N7O5S. The van der Waals surface area contributed by atoms with Gasteiger partial charge in [-0.2, -0.15) is 18.4 Å². The van der Waals surface area contributed by atoms with Gasteiger partial charge in [0, 0.05) is 49.9 Å². The molecule has 314 valence electrons. The second kappa shape index (κ2) is 17.6. The first-order valence-electron chi connectivity index (χ1n) is 19.5. The van der Waals surface area contributed by atoms with Gasteiger partial charge in [-0.05, 0) is 115 Å². The summed E-state index contributed by atoms with van der Waals surface area (Å²) in [6.07, 6.45) is -1.12. The predicted octanol–water partition coefficient (Wildman–Crippen LogP) is 5.77. The third kappa shape index (κ3) is 9.18. The number of hydrogen-bond acceptors (Lipinski definition) is 9. The molecule has 2 N–H and O–H groups in total. The molecule has 12 nitrogen and oxygen atoms in total. The number of piperazine rings is 1. The van der Waals surface area contributed by atoms with E-state index in [0.717, 1.165) is 55.1 Å². The van der Waals surface area contributed by atoms with E-state index >= 15 is 0 Å². The van der Waals surface area contributed by atoms with Gasteiger partial charge in [0.1, 0.15) is 5.54 Å². The highest BCUT2D eigenvalue weighted by atomic mass is 35.5. The summed E-state index contributed by atoms with van der Waals surface area (Å²) in [5.74, 6) is -1.11. The number of nitrogens with zero attached hydrogens (tertiary/aromatic N) is 5. The van der Waals surface area contributed by atoms with Crippen molar-refractivity contribution in [1.82, 2.24) is 20.0 Å². The SMILES string of the molecule is C[C@@H]1CN(CCOC2CCC(N3C(=S)N(c4ccc(C#N)c(C(F)(F)F)c4)C(=O)C3(C)C)CC2)C[C@H](C)N1CC(=O)Nc1ccc(C2(C)CCC(=O)NC2=O)cc1.Cl. The zero-order valence-electron chi connectivity index (χ0n) is 33.4. The van der Waals surface area contributed by atoms with Crippen molar-refractivity contribution in [1.29, 1.82) is 5.26 Å². The summed E-state index contributed by atoms with van der Waals surface area (Å²) in [6, 6.07) is 12.2. The maximum absolute atomic E-state index is 13.7. The summed E-state index contributed by atoms with van der Waals surface area (Å²) in [4.78, 5) is 58.4. The molecule has 0 spiro atoms. The molecule has 2 aromatic carbocycles. The highest BCUT2D eigenvalue weighted by molar-refractivity contribution is 7.80. The molecule has 3 heterocycles. The monoisotopic (exact) mass is 845 g/mol. The lowest BCUT2D eigenvalue weighted by atomic mass is 9.75. The Labute approximate surface area is 348 Å². The Bertz CT molecular complexity index is 1940. The average Bonchev–Trinajstić information content (AvgIpc) is 3.33. The van der Waals surface area contributed by atoms with Crippen LogP contribution in [0, 0.1) is 11.3 Å². The molecule has 4 amide bonds. The zero-order chi connectivity index (χ0) is 41.4. The maximum atomic E-state index is 13.7. The minimum absolute atomic E-state index is 0. The number of carbonyl (C=O) groups excluding carboxylic acids is 4. The first-order chi connectivity index (χ1) is 26.8. The highest BCUT2D eigenvalue weighted by Gasteiger charge is 2.53. The number of piperidine rings is 1. The molecule has 2 aromatic rings. The van der Waals surface area contributed by atoms with Gasteiger partial charge in [0.15, 0.2) is 5.11 Å². The fourth-order valence-corrected chi connectivity index (χ4v) is 9.37. The minimum atomic E-state index is -4.76. The Morgan fingerprint density at radius 2 is 1.66 bits per heavy atom. The van der Waals surface area contributed by atoms with Crippen molar-refractivity contribution in [3.63, 3.8) is 0 Å².